The van der Waals surface area contributed by atoms with E-state index in [-0.39, 0.29) is 25.4 Å². The SMILES string of the molecule is CCCC(NC(=O)C(CCCc1ccccc1)C(F)C(=O)N1CCOCC1)C(=O)c1nc2ccccc2o1. The van der Waals surface area contributed by atoms with E-state index in [1.54, 1.807) is 24.3 Å². The van der Waals surface area contributed by atoms with Crippen LogP contribution in [0.1, 0.15) is 48.9 Å². The molecule has 3 atom stereocenters. The van der Waals surface area contributed by atoms with E-state index in [9.17, 15) is 14.4 Å². The highest BCUT2D eigenvalue weighted by atomic mass is 19.1. The molecule has 0 radical (unpaired) electrons. The third kappa shape index (κ3) is 6.83. The zero-order chi connectivity index (χ0) is 26.9. The maximum atomic E-state index is 15.7. The van der Waals surface area contributed by atoms with Crippen molar-refractivity contribution in [3.63, 3.8) is 0 Å². The van der Waals surface area contributed by atoms with Gasteiger partial charge < -0.3 is 19.4 Å². The van der Waals surface area contributed by atoms with E-state index in [0.717, 1.165) is 5.56 Å². The maximum absolute atomic E-state index is 15.7. The van der Waals surface area contributed by atoms with E-state index < -0.39 is 35.7 Å². The van der Waals surface area contributed by atoms with Gasteiger partial charge in [0, 0.05) is 13.1 Å². The molecule has 0 spiro atoms. The van der Waals surface area contributed by atoms with Crippen molar-refractivity contribution < 1.29 is 27.9 Å². The maximum Gasteiger partial charge on any atom is 0.266 e. The minimum absolute atomic E-state index is 0.105. The molecule has 9 heteroatoms. The van der Waals surface area contributed by atoms with Crippen LogP contribution in [0.5, 0.6) is 0 Å². The van der Waals surface area contributed by atoms with Crippen LogP contribution in [-0.2, 0) is 20.7 Å². The average molecular weight is 524 g/mol. The second-order valence-electron chi connectivity index (χ2n) is 9.52. The number of halogens is 1. The van der Waals surface area contributed by atoms with Crippen LogP contribution < -0.4 is 5.32 Å². The van der Waals surface area contributed by atoms with Crippen molar-refractivity contribution in [2.45, 2.75) is 51.2 Å². The van der Waals surface area contributed by atoms with Crippen LogP contribution >= 0.6 is 0 Å². The molecule has 3 aromatic rings. The van der Waals surface area contributed by atoms with E-state index in [1.807, 2.05) is 37.3 Å². The highest BCUT2D eigenvalue weighted by Gasteiger charge is 2.38. The number of carbonyl (C=O) groups is 3. The normalized spacial score (nSPS) is 16.1. The van der Waals surface area contributed by atoms with E-state index in [4.69, 9.17) is 9.15 Å². The fourth-order valence-corrected chi connectivity index (χ4v) is 4.67. The second-order valence-corrected chi connectivity index (χ2v) is 9.52. The van der Waals surface area contributed by atoms with Crippen LogP contribution in [0, 0.1) is 5.92 Å². The summed E-state index contributed by atoms with van der Waals surface area (Å²) in [6, 6.07) is 15.8. The van der Waals surface area contributed by atoms with Crippen LogP contribution in [0.25, 0.3) is 11.1 Å². The summed E-state index contributed by atoms with van der Waals surface area (Å²) in [7, 11) is 0. The van der Waals surface area contributed by atoms with Gasteiger partial charge in [-0.05, 0) is 43.4 Å². The zero-order valence-corrected chi connectivity index (χ0v) is 21.6. The highest BCUT2D eigenvalue weighted by Crippen LogP contribution is 2.22. The molecule has 0 saturated carbocycles. The van der Waals surface area contributed by atoms with E-state index in [0.29, 0.717) is 50.0 Å². The van der Waals surface area contributed by atoms with Crippen molar-refractivity contribution in [3.05, 3.63) is 66.1 Å². The Balaban J connectivity index is 1.49. The Morgan fingerprint density at radius 3 is 2.45 bits per heavy atom. The summed E-state index contributed by atoms with van der Waals surface area (Å²) in [5, 5.41) is 2.72. The lowest BCUT2D eigenvalue weighted by Gasteiger charge is -2.30. The summed E-state index contributed by atoms with van der Waals surface area (Å²) in [5.41, 5.74) is 2.07. The predicted octanol–water partition coefficient (Wildman–Crippen LogP) is 4.13. The number of Topliss-reactive ketones (excluding diaryl/α,β-unsaturated/α-hetero) is 1. The minimum Gasteiger partial charge on any atom is -0.434 e. The molecule has 1 fully saturated rings. The monoisotopic (exact) mass is 523 g/mol. The van der Waals surface area contributed by atoms with Crippen molar-refractivity contribution in [2.24, 2.45) is 5.92 Å². The average Bonchev–Trinajstić information content (AvgIpc) is 3.39. The molecule has 2 aromatic carbocycles. The standard InChI is InChI=1S/C29H34FN3O5/c1-2-9-23(26(34)28-32-22-14-6-7-15-24(22)38-28)31-27(35)21(13-8-12-20-10-4-3-5-11-20)25(30)29(36)33-16-18-37-19-17-33/h3-7,10-11,14-15,21,23,25H,2,8-9,12-13,16-19H2,1H3,(H,31,35). The molecule has 1 aliphatic heterocycles. The first kappa shape index (κ1) is 27.4. The van der Waals surface area contributed by atoms with Gasteiger partial charge in [0.2, 0.25) is 11.7 Å². The lowest BCUT2D eigenvalue weighted by Crippen LogP contribution is -2.51. The fraction of sp³-hybridized carbons (Fsp3) is 0.448. The summed E-state index contributed by atoms with van der Waals surface area (Å²) >= 11 is 0. The largest absolute Gasteiger partial charge is 0.434 e. The molecule has 1 saturated heterocycles. The summed E-state index contributed by atoms with van der Waals surface area (Å²) in [4.78, 5) is 45.3. The topological polar surface area (TPSA) is 102 Å². The smallest absolute Gasteiger partial charge is 0.266 e. The Labute approximate surface area is 221 Å². The lowest BCUT2D eigenvalue weighted by atomic mass is 9.92. The van der Waals surface area contributed by atoms with Gasteiger partial charge in [-0.25, -0.2) is 9.37 Å². The molecular formula is C29H34FN3O5. The number of rotatable bonds is 12. The molecule has 3 unspecified atom stereocenters. The number of ether oxygens (including phenoxy) is 1. The Kier molecular flexibility index (Phi) is 9.59. The number of ketones is 1. The van der Waals surface area contributed by atoms with E-state index >= 15 is 4.39 Å². The van der Waals surface area contributed by atoms with Gasteiger partial charge >= 0.3 is 0 Å². The number of morpholine rings is 1. The van der Waals surface area contributed by atoms with Gasteiger partial charge in [0.25, 0.3) is 11.8 Å². The molecule has 1 aliphatic rings. The van der Waals surface area contributed by atoms with Crippen molar-refractivity contribution in [1.29, 1.82) is 0 Å². The second kappa shape index (κ2) is 13.3. The molecule has 1 N–H and O–H groups in total. The Morgan fingerprint density at radius 2 is 1.74 bits per heavy atom. The third-order valence-electron chi connectivity index (χ3n) is 6.79. The minimum atomic E-state index is -2.02. The number of hydrogen-bond acceptors (Lipinski definition) is 6. The van der Waals surface area contributed by atoms with Crippen molar-refractivity contribution >= 4 is 28.7 Å². The first-order chi connectivity index (χ1) is 18.5. The quantitative estimate of drug-likeness (QED) is 0.358. The molecule has 1 aromatic heterocycles. The Morgan fingerprint density at radius 1 is 1.03 bits per heavy atom. The van der Waals surface area contributed by atoms with E-state index in [1.165, 1.54) is 4.90 Å². The van der Waals surface area contributed by atoms with Gasteiger partial charge in [-0.3, -0.25) is 14.4 Å². The number of amides is 2. The van der Waals surface area contributed by atoms with Crippen LogP contribution in [-0.4, -0.2) is 66.0 Å². The van der Waals surface area contributed by atoms with Crippen LogP contribution in [0.15, 0.2) is 59.0 Å². The number of aromatic nitrogens is 1. The highest BCUT2D eigenvalue weighted by molar-refractivity contribution is 6.00. The van der Waals surface area contributed by atoms with Crippen LogP contribution in [0.2, 0.25) is 0 Å². The number of fused-ring (bicyclic) bond motifs is 1. The molecule has 202 valence electrons. The van der Waals surface area contributed by atoms with Crippen molar-refractivity contribution in [2.75, 3.05) is 26.3 Å². The molecule has 8 nitrogen and oxygen atoms in total. The number of carbonyl (C=O) groups excluding carboxylic acids is 3. The van der Waals surface area contributed by atoms with Gasteiger partial charge in [-0.15, -0.1) is 0 Å². The summed E-state index contributed by atoms with van der Waals surface area (Å²) in [6.45, 7) is 3.12. The summed E-state index contributed by atoms with van der Waals surface area (Å²) in [6.07, 6.45) is 0.217. The Bertz CT molecular complexity index is 1190. The van der Waals surface area contributed by atoms with Crippen molar-refractivity contribution in [1.82, 2.24) is 15.2 Å². The van der Waals surface area contributed by atoms with Gasteiger partial charge in [0.1, 0.15) is 5.52 Å². The zero-order valence-electron chi connectivity index (χ0n) is 21.6. The van der Waals surface area contributed by atoms with Gasteiger partial charge in [-0.1, -0.05) is 55.8 Å². The van der Waals surface area contributed by atoms with Gasteiger partial charge in [0.05, 0.1) is 25.2 Å². The van der Waals surface area contributed by atoms with Crippen LogP contribution in [0.3, 0.4) is 0 Å². The number of nitrogens with one attached hydrogen (secondary N) is 1. The summed E-state index contributed by atoms with van der Waals surface area (Å²) in [5.74, 6) is -3.19. The molecule has 2 amide bonds. The number of para-hydroxylation sites is 2. The third-order valence-corrected chi connectivity index (χ3v) is 6.79. The van der Waals surface area contributed by atoms with Crippen molar-refractivity contribution in [3.8, 4) is 0 Å². The molecule has 0 bridgehead atoms. The Hall–Kier alpha value is -3.59. The number of oxazole rings is 1. The van der Waals surface area contributed by atoms with Crippen LogP contribution in [0.4, 0.5) is 4.39 Å². The number of benzene rings is 2. The molecule has 2 heterocycles. The summed E-state index contributed by atoms with van der Waals surface area (Å²) < 4.78 is 26.6. The fourth-order valence-electron chi connectivity index (χ4n) is 4.67. The number of aryl methyl sites for hydroxylation is 1. The van der Waals surface area contributed by atoms with Gasteiger partial charge in [0.15, 0.2) is 11.8 Å². The number of nitrogens with zero attached hydrogens (tertiary/aromatic N) is 2. The first-order valence-electron chi connectivity index (χ1n) is 13.2. The molecular weight excluding hydrogens is 489 g/mol. The predicted molar refractivity (Wildman–Crippen MR) is 140 cm³/mol. The lowest BCUT2D eigenvalue weighted by molar-refractivity contribution is -0.146. The number of alkyl halides is 1. The first-order valence-corrected chi connectivity index (χ1v) is 13.2. The molecule has 38 heavy (non-hydrogen) atoms. The molecule has 0 aliphatic carbocycles. The van der Waals surface area contributed by atoms with Gasteiger partial charge in [-0.2, -0.15) is 0 Å². The number of hydrogen-bond donors (Lipinski definition) is 1. The van der Waals surface area contributed by atoms with E-state index in [2.05, 4.69) is 10.3 Å². The molecule has 4 rings (SSSR count).